The number of amides is 1. The van der Waals surface area contributed by atoms with Crippen molar-refractivity contribution in [3.63, 3.8) is 0 Å². The minimum atomic E-state index is -0.00363. The molecule has 1 aromatic heterocycles. The van der Waals surface area contributed by atoms with Crippen molar-refractivity contribution in [1.82, 2.24) is 25.2 Å². The summed E-state index contributed by atoms with van der Waals surface area (Å²) in [6, 6.07) is 1.90. The van der Waals surface area contributed by atoms with E-state index in [1.165, 1.54) is 0 Å². The number of hydrogen-bond donors (Lipinski definition) is 1. The Hall–Kier alpha value is -1.40. The summed E-state index contributed by atoms with van der Waals surface area (Å²) in [4.78, 5) is 22.6. The smallest absolute Gasteiger partial charge is 0.243 e. The molecule has 2 saturated heterocycles. The number of nitrogens with zero attached hydrogens (tertiary/aromatic N) is 5. The van der Waals surface area contributed by atoms with Gasteiger partial charge in [0, 0.05) is 66.0 Å². The second-order valence-corrected chi connectivity index (χ2v) is 7.20. The average Bonchev–Trinajstić information content (AvgIpc) is 3.36. The molecule has 1 N–H and O–H groups in total. The molecule has 2 aliphatic heterocycles. The van der Waals surface area contributed by atoms with Gasteiger partial charge in [0.2, 0.25) is 5.91 Å². The Morgan fingerprint density at radius 3 is 2.75 bits per heavy atom. The summed E-state index contributed by atoms with van der Waals surface area (Å²) in [5.74, 6) is 0.790. The number of rotatable bonds is 6. The molecule has 0 aliphatic carbocycles. The SMILES string of the molecule is CN(C)C(=O)CN=C(NCC1CCCO1)N1CCN(Cc2ccon2)CC1.I. The van der Waals surface area contributed by atoms with Crippen LogP contribution in [0, 0.1) is 0 Å². The van der Waals surface area contributed by atoms with E-state index in [0.717, 1.165) is 70.4 Å². The number of aliphatic imine (C=N–C) groups is 1. The number of halogens is 1. The Morgan fingerprint density at radius 2 is 2.14 bits per heavy atom. The van der Waals surface area contributed by atoms with Crippen LogP contribution in [0.4, 0.5) is 0 Å². The minimum absolute atomic E-state index is 0. The molecule has 28 heavy (non-hydrogen) atoms. The van der Waals surface area contributed by atoms with E-state index >= 15 is 0 Å². The van der Waals surface area contributed by atoms with Crippen LogP contribution in [0.25, 0.3) is 0 Å². The Balaban J connectivity index is 0.00000280. The summed E-state index contributed by atoms with van der Waals surface area (Å²) < 4.78 is 10.6. The summed E-state index contributed by atoms with van der Waals surface area (Å²) >= 11 is 0. The van der Waals surface area contributed by atoms with Gasteiger partial charge in [0.1, 0.15) is 12.8 Å². The largest absolute Gasteiger partial charge is 0.376 e. The van der Waals surface area contributed by atoms with Gasteiger partial charge in [0.05, 0.1) is 11.8 Å². The van der Waals surface area contributed by atoms with E-state index in [0.29, 0.717) is 0 Å². The van der Waals surface area contributed by atoms with Crippen molar-refractivity contribution >= 4 is 35.8 Å². The molecule has 3 heterocycles. The highest BCUT2D eigenvalue weighted by Gasteiger charge is 2.22. The fraction of sp³-hybridized carbons (Fsp3) is 0.722. The fourth-order valence-corrected chi connectivity index (χ4v) is 3.23. The Bertz CT molecular complexity index is 611. The van der Waals surface area contributed by atoms with Crippen molar-refractivity contribution < 1.29 is 14.1 Å². The van der Waals surface area contributed by atoms with Gasteiger partial charge >= 0.3 is 0 Å². The summed E-state index contributed by atoms with van der Waals surface area (Å²) in [6.07, 6.45) is 4.02. The molecule has 0 spiro atoms. The molecule has 2 fully saturated rings. The second-order valence-electron chi connectivity index (χ2n) is 7.20. The third-order valence-electron chi connectivity index (χ3n) is 4.92. The average molecular weight is 506 g/mol. The zero-order valence-electron chi connectivity index (χ0n) is 16.7. The molecule has 0 aromatic carbocycles. The van der Waals surface area contributed by atoms with Gasteiger partial charge in [-0.05, 0) is 12.8 Å². The zero-order chi connectivity index (χ0) is 19.1. The van der Waals surface area contributed by atoms with Crippen molar-refractivity contribution in [2.45, 2.75) is 25.5 Å². The van der Waals surface area contributed by atoms with Crippen LogP contribution in [0.1, 0.15) is 18.5 Å². The first-order valence-corrected chi connectivity index (χ1v) is 9.58. The number of nitrogens with one attached hydrogen (secondary N) is 1. The van der Waals surface area contributed by atoms with Crippen molar-refractivity contribution in [2.75, 3.05) is 60.0 Å². The lowest BCUT2D eigenvalue weighted by Gasteiger charge is -2.36. The molecule has 9 nitrogen and oxygen atoms in total. The Morgan fingerprint density at radius 1 is 1.36 bits per heavy atom. The van der Waals surface area contributed by atoms with Gasteiger partial charge in [-0.15, -0.1) is 24.0 Å². The lowest BCUT2D eigenvalue weighted by atomic mass is 10.2. The van der Waals surface area contributed by atoms with Gasteiger partial charge in [-0.3, -0.25) is 9.69 Å². The first-order chi connectivity index (χ1) is 13.1. The molecule has 0 radical (unpaired) electrons. The Labute approximate surface area is 183 Å². The summed E-state index contributed by atoms with van der Waals surface area (Å²) in [5, 5.41) is 7.40. The van der Waals surface area contributed by atoms with Gasteiger partial charge in [0.25, 0.3) is 0 Å². The molecule has 158 valence electrons. The van der Waals surface area contributed by atoms with E-state index in [1.54, 1.807) is 25.3 Å². The maximum absolute atomic E-state index is 11.9. The quantitative estimate of drug-likeness (QED) is 0.344. The summed E-state index contributed by atoms with van der Waals surface area (Å²) in [7, 11) is 3.50. The fourth-order valence-electron chi connectivity index (χ4n) is 3.23. The van der Waals surface area contributed by atoms with Crippen LogP contribution in [0.2, 0.25) is 0 Å². The molecule has 3 rings (SSSR count). The molecule has 0 saturated carbocycles. The van der Waals surface area contributed by atoms with E-state index in [4.69, 9.17) is 9.26 Å². The lowest BCUT2D eigenvalue weighted by molar-refractivity contribution is -0.127. The summed E-state index contributed by atoms with van der Waals surface area (Å²) in [6.45, 7) is 6.03. The highest BCUT2D eigenvalue weighted by Crippen LogP contribution is 2.11. The van der Waals surface area contributed by atoms with Crippen LogP contribution in [0.15, 0.2) is 21.8 Å². The maximum atomic E-state index is 11.9. The van der Waals surface area contributed by atoms with Gasteiger partial charge < -0.3 is 24.4 Å². The third kappa shape index (κ3) is 6.89. The van der Waals surface area contributed by atoms with Gasteiger partial charge in [-0.1, -0.05) is 5.16 Å². The number of likely N-dealkylation sites (N-methyl/N-ethyl adjacent to an activating group) is 1. The van der Waals surface area contributed by atoms with E-state index < -0.39 is 0 Å². The molecular weight excluding hydrogens is 475 g/mol. The minimum Gasteiger partial charge on any atom is -0.376 e. The first-order valence-electron chi connectivity index (χ1n) is 9.58. The standard InChI is InChI=1S/C18H30N6O3.HI/c1-22(2)17(25)13-20-18(19-12-16-4-3-10-26-16)24-8-6-23(7-9-24)14-15-5-11-27-21-15;/h5,11,16H,3-4,6-10,12-14H2,1-2H3,(H,19,20);1H. The van der Waals surface area contributed by atoms with Crippen LogP contribution in [-0.2, 0) is 16.1 Å². The molecule has 1 atom stereocenters. The van der Waals surface area contributed by atoms with Crippen LogP contribution in [0.3, 0.4) is 0 Å². The third-order valence-corrected chi connectivity index (χ3v) is 4.92. The number of piperazine rings is 1. The normalized spacial score (nSPS) is 20.7. The van der Waals surface area contributed by atoms with Crippen LogP contribution >= 0.6 is 24.0 Å². The first kappa shape index (κ1) is 22.9. The monoisotopic (exact) mass is 506 g/mol. The van der Waals surface area contributed by atoms with Crippen molar-refractivity contribution in [3.05, 3.63) is 18.0 Å². The van der Waals surface area contributed by atoms with E-state index in [-0.39, 0.29) is 42.5 Å². The van der Waals surface area contributed by atoms with Crippen LogP contribution in [-0.4, -0.2) is 97.8 Å². The number of ether oxygens (including phenoxy) is 1. The molecular formula is C18H31IN6O3. The molecule has 1 unspecified atom stereocenters. The summed E-state index contributed by atoms with van der Waals surface area (Å²) in [5.41, 5.74) is 0.949. The number of carbonyl (C=O) groups is 1. The van der Waals surface area contributed by atoms with Crippen molar-refractivity contribution in [3.8, 4) is 0 Å². The number of guanidine groups is 1. The van der Waals surface area contributed by atoms with E-state index in [1.807, 2.05) is 6.07 Å². The number of carbonyl (C=O) groups excluding carboxylic acids is 1. The maximum Gasteiger partial charge on any atom is 0.243 e. The second kappa shape index (κ2) is 11.6. The molecule has 0 bridgehead atoms. The van der Waals surface area contributed by atoms with E-state index in [2.05, 4.69) is 25.3 Å². The highest BCUT2D eigenvalue weighted by molar-refractivity contribution is 14.0. The van der Waals surface area contributed by atoms with Crippen molar-refractivity contribution in [1.29, 1.82) is 0 Å². The number of aromatic nitrogens is 1. The topological polar surface area (TPSA) is 86.4 Å². The predicted molar refractivity (Wildman–Crippen MR) is 117 cm³/mol. The Kier molecular flexibility index (Phi) is 9.45. The van der Waals surface area contributed by atoms with Crippen LogP contribution < -0.4 is 5.32 Å². The molecule has 2 aliphatic rings. The highest BCUT2D eigenvalue weighted by atomic mass is 127. The van der Waals surface area contributed by atoms with Crippen LogP contribution in [0.5, 0.6) is 0 Å². The van der Waals surface area contributed by atoms with Crippen molar-refractivity contribution in [2.24, 2.45) is 4.99 Å². The number of hydrogen-bond acceptors (Lipinski definition) is 6. The molecule has 10 heteroatoms. The van der Waals surface area contributed by atoms with E-state index in [9.17, 15) is 4.79 Å². The lowest BCUT2D eigenvalue weighted by Crippen LogP contribution is -2.53. The zero-order valence-corrected chi connectivity index (χ0v) is 19.0. The van der Waals surface area contributed by atoms with Gasteiger partial charge in [0.15, 0.2) is 5.96 Å². The van der Waals surface area contributed by atoms with Gasteiger partial charge in [-0.2, -0.15) is 0 Å². The molecule has 1 amide bonds. The van der Waals surface area contributed by atoms with Gasteiger partial charge in [-0.25, -0.2) is 4.99 Å². The molecule has 1 aromatic rings. The predicted octanol–water partition coefficient (Wildman–Crippen LogP) is 0.623.